The van der Waals surface area contributed by atoms with Crippen LogP contribution in [-0.4, -0.2) is 24.5 Å². The molecule has 200 valence electrons. The Kier molecular flexibility index (Phi) is 30.0. The average Bonchev–Trinajstić information content (AvgIpc) is 2.83. The summed E-state index contributed by atoms with van der Waals surface area (Å²) in [5.74, 6) is 0. The van der Waals surface area contributed by atoms with Crippen molar-refractivity contribution in [3.63, 3.8) is 0 Å². The number of nitrogens with zero attached hydrogens (tertiary/aromatic N) is 1. The molecular weight excluding hydrogens is 398 g/mol. The fraction of sp³-hybridized carbons (Fsp3) is 1.00. The van der Waals surface area contributed by atoms with E-state index < -0.39 is 0 Å². The molecule has 0 aromatic carbocycles. The van der Waals surface area contributed by atoms with Crippen LogP contribution in [0, 0.1) is 0 Å². The SMILES string of the molecule is CCCCCCCCCCCCCCCCCCN(CCCCCCC)CCCCCCC. The molecule has 0 amide bonds. The monoisotopic (exact) mass is 466 g/mol. The minimum Gasteiger partial charge on any atom is -0.303 e. The first-order valence-corrected chi connectivity index (χ1v) is 16.1. The molecular formula is C32H67N. The molecule has 0 saturated carbocycles. The van der Waals surface area contributed by atoms with E-state index in [2.05, 4.69) is 25.7 Å². The lowest BCUT2D eigenvalue weighted by Gasteiger charge is -2.22. The third-order valence-electron chi connectivity index (χ3n) is 7.48. The molecule has 0 atom stereocenters. The third-order valence-corrected chi connectivity index (χ3v) is 7.48. The van der Waals surface area contributed by atoms with Crippen LogP contribution in [0.25, 0.3) is 0 Å². The normalized spacial score (nSPS) is 11.6. The Morgan fingerprint density at radius 2 is 0.424 bits per heavy atom. The first-order chi connectivity index (χ1) is 16.3. The second-order valence-corrected chi connectivity index (χ2v) is 11.0. The number of rotatable bonds is 29. The van der Waals surface area contributed by atoms with Crippen LogP contribution in [-0.2, 0) is 0 Å². The number of unbranched alkanes of at least 4 members (excludes halogenated alkanes) is 23. The lowest BCUT2D eigenvalue weighted by atomic mass is 10.0. The molecule has 0 unspecified atom stereocenters. The van der Waals surface area contributed by atoms with Crippen molar-refractivity contribution in [3.05, 3.63) is 0 Å². The second kappa shape index (κ2) is 30.0. The molecule has 33 heavy (non-hydrogen) atoms. The van der Waals surface area contributed by atoms with Crippen molar-refractivity contribution in [1.82, 2.24) is 4.90 Å². The Morgan fingerprint density at radius 1 is 0.242 bits per heavy atom. The summed E-state index contributed by atoms with van der Waals surface area (Å²) in [6, 6.07) is 0. The summed E-state index contributed by atoms with van der Waals surface area (Å²) in [6.07, 6.45) is 37.7. The summed E-state index contributed by atoms with van der Waals surface area (Å²) < 4.78 is 0. The molecule has 0 fully saturated rings. The Morgan fingerprint density at radius 3 is 0.636 bits per heavy atom. The van der Waals surface area contributed by atoms with E-state index in [4.69, 9.17) is 0 Å². The molecule has 0 aliphatic carbocycles. The van der Waals surface area contributed by atoms with Crippen LogP contribution in [0.2, 0.25) is 0 Å². The Labute approximate surface area is 212 Å². The van der Waals surface area contributed by atoms with Gasteiger partial charge in [0.1, 0.15) is 0 Å². The zero-order valence-corrected chi connectivity index (χ0v) is 24.0. The van der Waals surface area contributed by atoms with Gasteiger partial charge in [-0.15, -0.1) is 0 Å². The number of hydrogen-bond donors (Lipinski definition) is 0. The molecule has 0 saturated heterocycles. The minimum absolute atomic E-state index is 1.36. The largest absolute Gasteiger partial charge is 0.303 e. The second-order valence-electron chi connectivity index (χ2n) is 11.0. The van der Waals surface area contributed by atoms with E-state index in [9.17, 15) is 0 Å². The van der Waals surface area contributed by atoms with Gasteiger partial charge in [-0.2, -0.15) is 0 Å². The summed E-state index contributed by atoms with van der Waals surface area (Å²) >= 11 is 0. The maximum atomic E-state index is 2.81. The van der Waals surface area contributed by atoms with Gasteiger partial charge in [-0.1, -0.05) is 168 Å². The molecule has 1 nitrogen and oxygen atoms in total. The van der Waals surface area contributed by atoms with Crippen LogP contribution >= 0.6 is 0 Å². The topological polar surface area (TPSA) is 3.24 Å². The van der Waals surface area contributed by atoms with Crippen LogP contribution in [0.4, 0.5) is 0 Å². The maximum absolute atomic E-state index is 2.81. The molecule has 0 aliphatic heterocycles. The Balaban J connectivity index is 3.54. The van der Waals surface area contributed by atoms with Crippen LogP contribution in [0.3, 0.4) is 0 Å². The highest BCUT2D eigenvalue weighted by Crippen LogP contribution is 2.14. The zero-order chi connectivity index (χ0) is 24.1. The van der Waals surface area contributed by atoms with Gasteiger partial charge in [-0.05, 0) is 38.9 Å². The molecule has 0 spiro atoms. The van der Waals surface area contributed by atoms with Gasteiger partial charge in [-0.25, -0.2) is 0 Å². The number of hydrogen-bond acceptors (Lipinski definition) is 1. The smallest absolute Gasteiger partial charge is 0.00187 e. The van der Waals surface area contributed by atoms with E-state index in [1.165, 1.54) is 187 Å². The summed E-state index contributed by atoms with van der Waals surface area (Å²) in [4.78, 5) is 2.81. The van der Waals surface area contributed by atoms with Gasteiger partial charge in [0.2, 0.25) is 0 Å². The van der Waals surface area contributed by atoms with Gasteiger partial charge in [0.05, 0.1) is 0 Å². The highest BCUT2D eigenvalue weighted by molar-refractivity contribution is 4.60. The van der Waals surface area contributed by atoms with Crippen molar-refractivity contribution < 1.29 is 0 Å². The van der Waals surface area contributed by atoms with Crippen molar-refractivity contribution in [2.24, 2.45) is 0 Å². The molecule has 0 bridgehead atoms. The lowest BCUT2D eigenvalue weighted by molar-refractivity contribution is 0.254. The van der Waals surface area contributed by atoms with Gasteiger partial charge >= 0.3 is 0 Å². The Bertz CT molecular complexity index is 312. The van der Waals surface area contributed by atoms with E-state index in [-0.39, 0.29) is 0 Å². The first kappa shape index (κ1) is 33.0. The molecule has 0 N–H and O–H groups in total. The maximum Gasteiger partial charge on any atom is -0.00187 e. The van der Waals surface area contributed by atoms with Crippen molar-refractivity contribution in [3.8, 4) is 0 Å². The molecule has 0 rings (SSSR count). The molecule has 0 aliphatic rings. The van der Waals surface area contributed by atoms with E-state index in [1.54, 1.807) is 0 Å². The molecule has 1 heteroatoms. The van der Waals surface area contributed by atoms with E-state index in [0.29, 0.717) is 0 Å². The molecule has 0 radical (unpaired) electrons. The lowest BCUT2D eigenvalue weighted by Crippen LogP contribution is -2.27. The van der Waals surface area contributed by atoms with Crippen molar-refractivity contribution in [2.45, 2.75) is 188 Å². The van der Waals surface area contributed by atoms with Gasteiger partial charge < -0.3 is 4.90 Å². The highest BCUT2D eigenvalue weighted by atomic mass is 15.1. The molecule has 0 aromatic heterocycles. The predicted octanol–water partition coefficient (Wildman–Crippen LogP) is 11.5. The predicted molar refractivity (Wildman–Crippen MR) is 154 cm³/mol. The van der Waals surface area contributed by atoms with E-state index in [0.717, 1.165) is 0 Å². The quantitative estimate of drug-likeness (QED) is 0.0992. The summed E-state index contributed by atoms with van der Waals surface area (Å²) in [6.45, 7) is 11.0. The molecule has 0 aromatic rings. The zero-order valence-electron chi connectivity index (χ0n) is 24.0. The van der Waals surface area contributed by atoms with Gasteiger partial charge in [0.25, 0.3) is 0 Å². The summed E-state index contributed by atoms with van der Waals surface area (Å²) in [5.41, 5.74) is 0. The van der Waals surface area contributed by atoms with Crippen molar-refractivity contribution in [1.29, 1.82) is 0 Å². The standard InChI is InChI=1S/C32H67N/c1-4-7-10-13-14-15-16-17-18-19-20-21-22-23-26-29-32-33(30-27-24-11-8-5-2)31-28-25-12-9-6-3/h4-32H2,1-3H3. The van der Waals surface area contributed by atoms with Crippen LogP contribution in [0.15, 0.2) is 0 Å². The molecule has 0 heterocycles. The van der Waals surface area contributed by atoms with E-state index >= 15 is 0 Å². The van der Waals surface area contributed by atoms with Crippen molar-refractivity contribution in [2.75, 3.05) is 19.6 Å². The fourth-order valence-corrected chi connectivity index (χ4v) is 5.10. The van der Waals surface area contributed by atoms with Crippen LogP contribution in [0.5, 0.6) is 0 Å². The van der Waals surface area contributed by atoms with Gasteiger partial charge in [0.15, 0.2) is 0 Å². The summed E-state index contributed by atoms with van der Waals surface area (Å²) in [7, 11) is 0. The van der Waals surface area contributed by atoms with Crippen LogP contribution < -0.4 is 0 Å². The van der Waals surface area contributed by atoms with Gasteiger partial charge in [0, 0.05) is 0 Å². The average molecular weight is 466 g/mol. The minimum atomic E-state index is 1.36. The van der Waals surface area contributed by atoms with Crippen LogP contribution in [0.1, 0.15) is 188 Å². The third kappa shape index (κ3) is 28.1. The van der Waals surface area contributed by atoms with Crippen molar-refractivity contribution >= 4 is 0 Å². The summed E-state index contributed by atoms with van der Waals surface area (Å²) in [5, 5.41) is 0. The van der Waals surface area contributed by atoms with Gasteiger partial charge in [-0.3, -0.25) is 0 Å². The fourth-order valence-electron chi connectivity index (χ4n) is 5.10. The first-order valence-electron chi connectivity index (χ1n) is 16.1. The Hall–Kier alpha value is -0.0400. The van der Waals surface area contributed by atoms with E-state index in [1.807, 2.05) is 0 Å². The highest BCUT2D eigenvalue weighted by Gasteiger charge is 2.05.